The van der Waals surface area contributed by atoms with E-state index in [2.05, 4.69) is 15.2 Å². The molecule has 0 N–H and O–H groups in total. The van der Waals surface area contributed by atoms with Gasteiger partial charge in [0.2, 0.25) is 0 Å². The van der Waals surface area contributed by atoms with Crippen LogP contribution in [0.3, 0.4) is 0 Å². The van der Waals surface area contributed by atoms with Crippen molar-refractivity contribution in [3.8, 4) is 0 Å². The quantitative estimate of drug-likeness (QED) is 0.521. The average Bonchev–Trinajstić information content (AvgIpc) is 2.64. The lowest BCUT2D eigenvalue weighted by Gasteiger charge is -2.05. The molecule has 3 heteroatoms. The van der Waals surface area contributed by atoms with E-state index >= 15 is 0 Å². The molecule has 3 aromatic rings. The molecule has 1 aromatic heterocycles. The van der Waals surface area contributed by atoms with Crippen molar-refractivity contribution in [3.05, 3.63) is 102 Å². The van der Waals surface area contributed by atoms with Crippen LogP contribution in [0, 0.1) is 0 Å². The van der Waals surface area contributed by atoms with Crippen molar-refractivity contribution in [3.63, 3.8) is 0 Å². The highest BCUT2D eigenvalue weighted by molar-refractivity contribution is 6.13. The standard InChI is InChI=1S/C20H17N3/c1-16(19-13-8-14-21-15-19)22-23-20(17-9-4-2-5-10-17)18-11-6-3-7-12-18/h2-15H,1H3/b22-16-. The summed E-state index contributed by atoms with van der Waals surface area (Å²) >= 11 is 0. The lowest BCUT2D eigenvalue weighted by atomic mass is 10.0. The summed E-state index contributed by atoms with van der Waals surface area (Å²) in [5.41, 5.74) is 4.75. The highest BCUT2D eigenvalue weighted by atomic mass is 15.2. The smallest absolute Gasteiger partial charge is 0.100 e. The zero-order valence-electron chi connectivity index (χ0n) is 12.9. The first-order valence-corrected chi connectivity index (χ1v) is 7.48. The molecule has 0 saturated carbocycles. The zero-order chi connectivity index (χ0) is 15.9. The second-order valence-corrected chi connectivity index (χ2v) is 5.11. The highest BCUT2D eigenvalue weighted by Crippen LogP contribution is 2.11. The first-order valence-electron chi connectivity index (χ1n) is 7.48. The molecule has 0 aliphatic rings. The third-order valence-corrected chi connectivity index (χ3v) is 3.47. The maximum atomic E-state index is 4.52. The first-order chi connectivity index (χ1) is 11.3. The number of aromatic nitrogens is 1. The van der Waals surface area contributed by atoms with E-state index in [-0.39, 0.29) is 0 Å². The van der Waals surface area contributed by atoms with Crippen molar-refractivity contribution in [2.24, 2.45) is 10.2 Å². The largest absolute Gasteiger partial charge is 0.264 e. The van der Waals surface area contributed by atoms with Gasteiger partial charge in [-0.2, -0.15) is 5.10 Å². The van der Waals surface area contributed by atoms with Crippen LogP contribution < -0.4 is 0 Å². The Morgan fingerprint density at radius 1 is 0.696 bits per heavy atom. The van der Waals surface area contributed by atoms with Gasteiger partial charge in [-0.15, -0.1) is 5.10 Å². The van der Waals surface area contributed by atoms with Crippen LogP contribution in [0.1, 0.15) is 23.6 Å². The van der Waals surface area contributed by atoms with Crippen molar-refractivity contribution >= 4 is 11.4 Å². The summed E-state index contributed by atoms with van der Waals surface area (Å²) in [5, 5.41) is 8.93. The summed E-state index contributed by atoms with van der Waals surface area (Å²) in [6.45, 7) is 1.94. The summed E-state index contributed by atoms with van der Waals surface area (Å²) in [4.78, 5) is 4.12. The maximum absolute atomic E-state index is 4.52. The molecule has 0 spiro atoms. The van der Waals surface area contributed by atoms with Gasteiger partial charge in [-0.3, -0.25) is 4.98 Å². The molecule has 0 unspecified atom stereocenters. The van der Waals surface area contributed by atoms with E-state index in [4.69, 9.17) is 0 Å². The van der Waals surface area contributed by atoms with Gasteiger partial charge >= 0.3 is 0 Å². The Balaban J connectivity index is 2.02. The Kier molecular flexibility index (Phi) is 4.69. The Morgan fingerprint density at radius 2 is 1.26 bits per heavy atom. The molecule has 0 fully saturated rings. The monoisotopic (exact) mass is 299 g/mol. The van der Waals surface area contributed by atoms with Gasteiger partial charge in [0.05, 0.1) is 5.71 Å². The van der Waals surface area contributed by atoms with Crippen LogP contribution in [-0.4, -0.2) is 16.4 Å². The Labute approximate surface area is 136 Å². The van der Waals surface area contributed by atoms with Crippen molar-refractivity contribution in [2.45, 2.75) is 6.92 Å². The van der Waals surface area contributed by atoms with Gasteiger partial charge in [0.1, 0.15) is 5.71 Å². The summed E-state index contributed by atoms with van der Waals surface area (Å²) in [6, 6.07) is 24.1. The predicted molar refractivity (Wildman–Crippen MR) is 95.0 cm³/mol. The topological polar surface area (TPSA) is 37.6 Å². The molecule has 23 heavy (non-hydrogen) atoms. The second kappa shape index (κ2) is 7.27. The fraction of sp³-hybridized carbons (Fsp3) is 0.0500. The molecule has 1 heterocycles. The molecule has 0 aliphatic heterocycles. The number of nitrogens with zero attached hydrogens (tertiary/aromatic N) is 3. The molecule has 0 aliphatic carbocycles. The summed E-state index contributed by atoms with van der Waals surface area (Å²) in [5.74, 6) is 0. The molecule has 0 radical (unpaired) electrons. The van der Waals surface area contributed by atoms with Crippen LogP contribution >= 0.6 is 0 Å². The summed E-state index contributed by atoms with van der Waals surface area (Å²) in [7, 11) is 0. The Bertz CT molecular complexity index is 766. The Hall–Kier alpha value is -3.07. The number of hydrogen-bond donors (Lipinski definition) is 0. The number of benzene rings is 2. The van der Waals surface area contributed by atoms with E-state index in [0.29, 0.717) is 0 Å². The van der Waals surface area contributed by atoms with Gasteiger partial charge in [-0.25, -0.2) is 0 Å². The molecule has 3 rings (SSSR count). The van der Waals surface area contributed by atoms with Gasteiger partial charge < -0.3 is 0 Å². The molecule has 0 amide bonds. The average molecular weight is 299 g/mol. The van der Waals surface area contributed by atoms with Crippen LogP contribution in [0.15, 0.2) is 95.4 Å². The van der Waals surface area contributed by atoms with Crippen molar-refractivity contribution in [1.29, 1.82) is 0 Å². The van der Waals surface area contributed by atoms with Gasteiger partial charge in [-0.05, 0) is 13.0 Å². The van der Waals surface area contributed by atoms with E-state index < -0.39 is 0 Å². The fourth-order valence-corrected chi connectivity index (χ4v) is 2.23. The van der Waals surface area contributed by atoms with Crippen molar-refractivity contribution in [2.75, 3.05) is 0 Å². The minimum atomic E-state index is 0.836. The third kappa shape index (κ3) is 3.77. The minimum Gasteiger partial charge on any atom is -0.264 e. The van der Waals surface area contributed by atoms with E-state index in [1.165, 1.54) is 0 Å². The Morgan fingerprint density at radius 3 is 1.78 bits per heavy atom. The number of pyridine rings is 1. The molecule has 2 aromatic carbocycles. The van der Waals surface area contributed by atoms with Gasteiger partial charge in [-0.1, -0.05) is 66.7 Å². The fourth-order valence-electron chi connectivity index (χ4n) is 2.23. The van der Waals surface area contributed by atoms with Crippen molar-refractivity contribution < 1.29 is 0 Å². The van der Waals surface area contributed by atoms with Crippen LogP contribution in [0.4, 0.5) is 0 Å². The highest BCUT2D eigenvalue weighted by Gasteiger charge is 2.06. The predicted octanol–water partition coefficient (Wildman–Crippen LogP) is 4.34. The normalized spacial score (nSPS) is 11.1. The van der Waals surface area contributed by atoms with Crippen LogP contribution in [0.5, 0.6) is 0 Å². The maximum Gasteiger partial charge on any atom is 0.100 e. The summed E-state index contributed by atoms with van der Waals surface area (Å²) < 4.78 is 0. The van der Waals surface area contributed by atoms with Gasteiger partial charge in [0.25, 0.3) is 0 Å². The van der Waals surface area contributed by atoms with Crippen LogP contribution in [-0.2, 0) is 0 Å². The van der Waals surface area contributed by atoms with Gasteiger partial charge in [0.15, 0.2) is 0 Å². The molecule has 112 valence electrons. The number of rotatable bonds is 4. The lowest BCUT2D eigenvalue weighted by Crippen LogP contribution is -2.03. The molecular weight excluding hydrogens is 282 g/mol. The SMILES string of the molecule is C/C(=N/N=C(c1ccccc1)c1ccccc1)c1cccnc1. The van der Waals surface area contributed by atoms with Crippen LogP contribution in [0.25, 0.3) is 0 Å². The number of hydrogen-bond acceptors (Lipinski definition) is 3. The third-order valence-electron chi connectivity index (χ3n) is 3.47. The lowest BCUT2D eigenvalue weighted by molar-refractivity contribution is 1.21. The van der Waals surface area contributed by atoms with E-state index in [0.717, 1.165) is 28.1 Å². The molecule has 0 atom stereocenters. The van der Waals surface area contributed by atoms with E-state index in [1.807, 2.05) is 79.7 Å². The second-order valence-electron chi connectivity index (χ2n) is 5.11. The van der Waals surface area contributed by atoms with Crippen molar-refractivity contribution in [1.82, 2.24) is 4.98 Å². The summed E-state index contributed by atoms with van der Waals surface area (Å²) in [6.07, 6.45) is 3.54. The molecular formula is C20H17N3. The van der Waals surface area contributed by atoms with E-state index in [9.17, 15) is 0 Å². The molecule has 3 nitrogen and oxygen atoms in total. The zero-order valence-corrected chi connectivity index (χ0v) is 12.9. The van der Waals surface area contributed by atoms with Crippen LogP contribution in [0.2, 0.25) is 0 Å². The van der Waals surface area contributed by atoms with Gasteiger partial charge in [0, 0.05) is 29.1 Å². The minimum absolute atomic E-state index is 0.836. The molecule has 0 saturated heterocycles. The first kappa shape index (κ1) is 14.9. The van der Waals surface area contributed by atoms with E-state index in [1.54, 1.807) is 12.4 Å². The molecule has 0 bridgehead atoms.